The smallest absolute Gasteiger partial charge is 0.200 e. The van der Waals surface area contributed by atoms with Gasteiger partial charge < -0.3 is 4.74 Å². The molecule has 0 atom stereocenters. The van der Waals surface area contributed by atoms with Gasteiger partial charge >= 0.3 is 0 Å². The molecule has 4 aromatic rings. The largest absolute Gasteiger partial charge is 0.485 e. The van der Waals surface area contributed by atoms with Gasteiger partial charge in [0.2, 0.25) is 0 Å². The molecule has 0 amide bonds. The minimum absolute atomic E-state index is 0.00311. The predicted octanol–water partition coefficient (Wildman–Crippen LogP) is 4.56. The van der Waals surface area contributed by atoms with Crippen molar-refractivity contribution in [1.82, 2.24) is 9.97 Å². The maximum absolute atomic E-state index is 12.2. The minimum atomic E-state index is -0.0542. The maximum Gasteiger partial charge on any atom is 0.200 e. The fraction of sp³-hybridized carbons (Fsp3) is 0.0455. The molecule has 0 aliphatic rings. The molecule has 4 nitrogen and oxygen atoms in total. The van der Waals surface area contributed by atoms with Gasteiger partial charge in [-0.2, -0.15) is 0 Å². The standard InChI is InChI=1S/C22H16N2O2/c25-22(16-7-2-1-3-8-16)15-26-18-10-6-9-17(13-18)21-14-23-19-11-4-5-12-20(19)24-21/h1-14H,15H2. The van der Waals surface area contributed by atoms with Crippen LogP contribution < -0.4 is 4.74 Å². The Bertz CT molecular complexity index is 1060. The lowest BCUT2D eigenvalue weighted by Crippen LogP contribution is -2.11. The van der Waals surface area contributed by atoms with Crippen molar-refractivity contribution in [2.24, 2.45) is 0 Å². The molecule has 0 saturated carbocycles. The van der Waals surface area contributed by atoms with Crippen LogP contribution in [0, 0.1) is 0 Å². The van der Waals surface area contributed by atoms with E-state index in [1.54, 1.807) is 18.3 Å². The Morgan fingerprint density at radius 3 is 2.46 bits per heavy atom. The van der Waals surface area contributed by atoms with Gasteiger partial charge in [0.15, 0.2) is 12.4 Å². The average molecular weight is 340 g/mol. The number of nitrogens with zero attached hydrogens (tertiary/aromatic N) is 2. The van der Waals surface area contributed by atoms with Gasteiger partial charge in [0.05, 0.1) is 22.9 Å². The fourth-order valence-corrected chi connectivity index (χ4v) is 2.70. The molecule has 0 spiro atoms. The van der Waals surface area contributed by atoms with Gasteiger partial charge in [-0.25, -0.2) is 4.98 Å². The van der Waals surface area contributed by atoms with Crippen LogP contribution in [-0.4, -0.2) is 22.4 Å². The molecule has 3 aromatic carbocycles. The van der Waals surface area contributed by atoms with Crippen LogP contribution in [0.25, 0.3) is 22.3 Å². The number of aromatic nitrogens is 2. The summed E-state index contributed by atoms with van der Waals surface area (Å²) in [7, 11) is 0. The summed E-state index contributed by atoms with van der Waals surface area (Å²) in [5.74, 6) is 0.572. The molecule has 126 valence electrons. The molecule has 0 aliphatic heterocycles. The second-order valence-electron chi connectivity index (χ2n) is 5.85. The minimum Gasteiger partial charge on any atom is -0.485 e. The Kier molecular flexibility index (Phi) is 4.39. The number of Topliss-reactive ketones (excluding diaryl/α,β-unsaturated/α-hetero) is 1. The van der Waals surface area contributed by atoms with E-state index in [2.05, 4.69) is 9.97 Å². The van der Waals surface area contributed by atoms with E-state index < -0.39 is 0 Å². The first-order chi connectivity index (χ1) is 12.8. The van der Waals surface area contributed by atoms with Crippen LogP contribution in [0.15, 0.2) is 85.1 Å². The second kappa shape index (κ2) is 7.15. The molecular weight excluding hydrogens is 324 g/mol. The number of rotatable bonds is 5. The Balaban J connectivity index is 1.53. The van der Waals surface area contributed by atoms with E-state index in [4.69, 9.17) is 4.74 Å². The molecule has 0 saturated heterocycles. The van der Waals surface area contributed by atoms with Crippen molar-refractivity contribution >= 4 is 16.8 Å². The van der Waals surface area contributed by atoms with E-state index in [-0.39, 0.29) is 12.4 Å². The zero-order chi connectivity index (χ0) is 17.8. The number of fused-ring (bicyclic) bond motifs is 1. The Morgan fingerprint density at radius 2 is 1.62 bits per heavy atom. The normalized spacial score (nSPS) is 10.6. The molecule has 0 aliphatic carbocycles. The lowest BCUT2D eigenvalue weighted by atomic mass is 10.1. The van der Waals surface area contributed by atoms with E-state index in [0.717, 1.165) is 22.3 Å². The van der Waals surface area contributed by atoms with E-state index in [1.807, 2.05) is 66.7 Å². The van der Waals surface area contributed by atoms with Gasteiger partial charge in [0.25, 0.3) is 0 Å². The topological polar surface area (TPSA) is 52.1 Å². The molecule has 0 N–H and O–H groups in total. The van der Waals surface area contributed by atoms with Crippen molar-refractivity contribution in [2.45, 2.75) is 0 Å². The van der Waals surface area contributed by atoms with Crippen molar-refractivity contribution in [1.29, 1.82) is 0 Å². The first-order valence-electron chi connectivity index (χ1n) is 8.33. The number of benzene rings is 3. The highest BCUT2D eigenvalue weighted by atomic mass is 16.5. The van der Waals surface area contributed by atoms with Crippen LogP contribution in [-0.2, 0) is 0 Å². The van der Waals surface area contributed by atoms with Gasteiger partial charge in [-0.3, -0.25) is 9.78 Å². The van der Waals surface area contributed by atoms with Crippen LogP contribution in [0.2, 0.25) is 0 Å². The first kappa shape index (κ1) is 16.0. The van der Waals surface area contributed by atoms with E-state index >= 15 is 0 Å². The summed E-state index contributed by atoms with van der Waals surface area (Å²) in [5.41, 5.74) is 4.01. The van der Waals surface area contributed by atoms with Crippen LogP contribution in [0.3, 0.4) is 0 Å². The summed E-state index contributed by atoms with van der Waals surface area (Å²) in [6.07, 6.45) is 1.75. The zero-order valence-electron chi connectivity index (χ0n) is 14.0. The van der Waals surface area contributed by atoms with Crippen molar-refractivity contribution < 1.29 is 9.53 Å². The number of hydrogen-bond acceptors (Lipinski definition) is 4. The summed E-state index contributed by atoms with van der Waals surface area (Å²) in [6.45, 7) is -0.00311. The van der Waals surface area contributed by atoms with Crippen LogP contribution in [0.4, 0.5) is 0 Å². The number of ether oxygens (including phenoxy) is 1. The Hall–Kier alpha value is -3.53. The molecule has 4 rings (SSSR count). The van der Waals surface area contributed by atoms with Crippen molar-refractivity contribution in [3.05, 3.63) is 90.6 Å². The molecule has 1 aromatic heterocycles. The molecule has 0 radical (unpaired) electrons. The molecule has 26 heavy (non-hydrogen) atoms. The van der Waals surface area contributed by atoms with Gasteiger partial charge in [-0.1, -0.05) is 54.6 Å². The average Bonchev–Trinajstić information content (AvgIpc) is 2.72. The Labute approximate surface area is 151 Å². The summed E-state index contributed by atoms with van der Waals surface area (Å²) >= 11 is 0. The highest BCUT2D eigenvalue weighted by molar-refractivity contribution is 5.97. The van der Waals surface area contributed by atoms with Gasteiger partial charge in [0.1, 0.15) is 5.75 Å². The first-order valence-corrected chi connectivity index (χ1v) is 8.33. The van der Waals surface area contributed by atoms with Crippen LogP contribution in [0.5, 0.6) is 5.75 Å². The van der Waals surface area contributed by atoms with Gasteiger partial charge in [-0.05, 0) is 24.3 Å². The van der Waals surface area contributed by atoms with E-state index in [0.29, 0.717) is 11.3 Å². The number of para-hydroxylation sites is 2. The number of hydrogen-bond donors (Lipinski definition) is 0. The monoisotopic (exact) mass is 340 g/mol. The molecule has 0 unspecified atom stereocenters. The third kappa shape index (κ3) is 3.44. The van der Waals surface area contributed by atoms with Crippen molar-refractivity contribution in [3.63, 3.8) is 0 Å². The molecular formula is C22H16N2O2. The van der Waals surface area contributed by atoms with Crippen LogP contribution in [0.1, 0.15) is 10.4 Å². The summed E-state index contributed by atoms with van der Waals surface area (Å²) in [5, 5.41) is 0. The highest BCUT2D eigenvalue weighted by Crippen LogP contribution is 2.23. The lowest BCUT2D eigenvalue weighted by Gasteiger charge is -2.08. The fourth-order valence-electron chi connectivity index (χ4n) is 2.70. The van der Waals surface area contributed by atoms with E-state index in [9.17, 15) is 4.79 Å². The number of carbonyl (C=O) groups is 1. The summed E-state index contributed by atoms with van der Waals surface area (Å²) in [4.78, 5) is 21.3. The molecule has 1 heterocycles. The van der Waals surface area contributed by atoms with Crippen molar-refractivity contribution in [2.75, 3.05) is 6.61 Å². The molecule has 4 heteroatoms. The molecule has 0 bridgehead atoms. The summed E-state index contributed by atoms with van der Waals surface area (Å²) < 4.78 is 5.67. The van der Waals surface area contributed by atoms with E-state index in [1.165, 1.54) is 0 Å². The summed E-state index contributed by atoms with van der Waals surface area (Å²) in [6, 6.07) is 24.4. The van der Waals surface area contributed by atoms with Crippen molar-refractivity contribution in [3.8, 4) is 17.0 Å². The highest BCUT2D eigenvalue weighted by Gasteiger charge is 2.08. The third-order valence-corrected chi connectivity index (χ3v) is 4.04. The predicted molar refractivity (Wildman–Crippen MR) is 101 cm³/mol. The quantitative estimate of drug-likeness (QED) is 0.500. The number of ketones is 1. The number of carbonyl (C=O) groups excluding carboxylic acids is 1. The zero-order valence-corrected chi connectivity index (χ0v) is 14.0. The maximum atomic E-state index is 12.2. The van der Waals surface area contributed by atoms with Gasteiger partial charge in [-0.15, -0.1) is 0 Å². The second-order valence-corrected chi connectivity index (χ2v) is 5.85. The SMILES string of the molecule is O=C(COc1cccc(-c2cnc3ccccc3n2)c1)c1ccccc1. The molecule has 0 fully saturated rings. The van der Waals surface area contributed by atoms with Gasteiger partial charge in [0, 0.05) is 11.1 Å². The lowest BCUT2D eigenvalue weighted by molar-refractivity contribution is 0.0921. The third-order valence-electron chi connectivity index (χ3n) is 4.04. The Morgan fingerprint density at radius 1 is 0.846 bits per heavy atom. The van der Waals surface area contributed by atoms with Crippen LogP contribution >= 0.6 is 0 Å².